The van der Waals surface area contributed by atoms with E-state index < -0.39 is 0 Å². The minimum absolute atomic E-state index is 0. The number of methoxy groups -OCH3 is 1. The zero-order valence-electron chi connectivity index (χ0n) is 20.0. The first-order valence-electron chi connectivity index (χ1n) is 11.3. The van der Waals surface area contributed by atoms with Crippen LogP contribution in [-0.2, 0) is 9.47 Å². The highest BCUT2D eigenvalue weighted by atomic mass is 127. The number of guanidine groups is 1. The lowest BCUT2D eigenvalue weighted by Gasteiger charge is -2.18. The molecule has 0 aliphatic carbocycles. The van der Waals surface area contributed by atoms with Gasteiger partial charge in [-0.1, -0.05) is 13.8 Å². The Morgan fingerprint density at radius 1 is 1.16 bits per heavy atom. The molecule has 9 heteroatoms. The molecule has 0 bridgehead atoms. The van der Waals surface area contributed by atoms with E-state index in [-0.39, 0.29) is 24.0 Å². The minimum atomic E-state index is 0. The van der Waals surface area contributed by atoms with Crippen molar-refractivity contribution in [3.63, 3.8) is 0 Å². The first-order chi connectivity index (χ1) is 15.1. The molecule has 8 nitrogen and oxygen atoms in total. The Kier molecular flexibility index (Phi) is 15.5. The van der Waals surface area contributed by atoms with E-state index in [0.717, 1.165) is 75.4 Å². The number of halogens is 1. The van der Waals surface area contributed by atoms with Gasteiger partial charge >= 0.3 is 0 Å². The second-order valence-corrected chi connectivity index (χ2v) is 8.11. The molecule has 0 spiro atoms. The van der Waals surface area contributed by atoms with Crippen LogP contribution in [0, 0.1) is 5.92 Å². The van der Waals surface area contributed by atoms with Crippen molar-refractivity contribution in [1.82, 2.24) is 10.2 Å². The van der Waals surface area contributed by atoms with Gasteiger partial charge in [-0.25, -0.2) is 0 Å². The fourth-order valence-electron chi connectivity index (χ4n) is 2.92. The molecule has 2 rings (SSSR count). The van der Waals surface area contributed by atoms with Gasteiger partial charge in [-0.2, -0.15) is 0 Å². The molecule has 0 fully saturated rings. The van der Waals surface area contributed by atoms with Crippen LogP contribution in [0.3, 0.4) is 0 Å². The molecule has 1 aromatic rings. The summed E-state index contributed by atoms with van der Waals surface area (Å²) in [6, 6.07) is 5.90. The number of anilines is 1. The van der Waals surface area contributed by atoms with Crippen molar-refractivity contribution < 1.29 is 18.9 Å². The average Bonchev–Trinajstić information content (AvgIpc) is 2.99. The Morgan fingerprint density at radius 2 is 1.94 bits per heavy atom. The van der Waals surface area contributed by atoms with E-state index in [1.54, 1.807) is 7.11 Å². The maximum absolute atomic E-state index is 5.81. The lowest BCUT2D eigenvalue weighted by atomic mass is 10.2. The molecule has 32 heavy (non-hydrogen) atoms. The maximum Gasteiger partial charge on any atom is 0.195 e. The van der Waals surface area contributed by atoms with E-state index >= 15 is 0 Å². The number of rotatable bonds is 13. The molecule has 0 aromatic heterocycles. The number of hydrogen-bond acceptors (Lipinski definition) is 6. The summed E-state index contributed by atoms with van der Waals surface area (Å²) < 4.78 is 22.3. The van der Waals surface area contributed by atoms with E-state index in [4.69, 9.17) is 23.9 Å². The Balaban J connectivity index is 0.00000512. The second-order valence-electron chi connectivity index (χ2n) is 8.11. The van der Waals surface area contributed by atoms with Crippen molar-refractivity contribution in [3.8, 4) is 11.5 Å². The molecular formula is C23H41IN4O4. The van der Waals surface area contributed by atoms with Crippen LogP contribution >= 0.6 is 24.0 Å². The molecule has 0 saturated carbocycles. The zero-order valence-corrected chi connectivity index (χ0v) is 22.4. The second kappa shape index (κ2) is 17.2. The van der Waals surface area contributed by atoms with Crippen molar-refractivity contribution >= 4 is 35.6 Å². The molecule has 1 aromatic carbocycles. The van der Waals surface area contributed by atoms with Crippen LogP contribution in [0.1, 0.15) is 26.7 Å². The highest BCUT2D eigenvalue weighted by Gasteiger charge is 2.11. The topological polar surface area (TPSA) is 76.6 Å². The van der Waals surface area contributed by atoms with Gasteiger partial charge in [0.1, 0.15) is 0 Å². The minimum Gasteiger partial charge on any atom is -0.490 e. The van der Waals surface area contributed by atoms with Gasteiger partial charge in [0.25, 0.3) is 0 Å². The van der Waals surface area contributed by atoms with E-state index in [9.17, 15) is 0 Å². The highest BCUT2D eigenvalue weighted by molar-refractivity contribution is 14.0. The Bertz CT molecular complexity index is 661. The molecule has 0 saturated heterocycles. The first-order valence-corrected chi connectivity index (χ1v) is 11.3. The van der Waals surface area contributed by atoms with Gasteiger partial charge < -0.3 is 34.5 Å². The van der Waals surface area contributed by atoms with Crippen LogP contribution in [0.15, 0.2) is 23.2 Å². The van der Waals surface area contributed by atoms with Crippen molar-refractivity contribution in [3.05, 3.63) is 18.2 Å². The molecule has 0 unspecified atom stereocenters. The maximum atomic E-state index is 5.81. The van der Waals surface area contributed by atoms with E-state index in [1.807, 2.05) is 18.2 Å². The molecule has 184 valence electrons. The summed E-state index contributed by atoms with van der Waals surface area (Å²) in [5.41, 5.74) is 0.916. The highest BCUT2D eigenvalue weighted by Crippen LogP contribution is 2.32. The van der Waals surface area contributed by atoms with Gasteiger partial charge in [-0.3, -0.25) is 4.99 Å². The number of ether oxygens (including phenoxy) is 4. The van der Waals surface area contributed by atoms with Crippen LogP contribution in [0.2, 0.25) is 0 Å². The quantitative estimate of drug-likeness (QED) is 0.165. The van der Waals surface area contributed by atoms with Crippen LogP contribution in [-0.4, -0.2) is 84.2 Å². The van der Waals surface area contributed by atoms with Crippen LogP contribution in [0.25, 0.3) is 0 Å². The third-order valence-electron chi connectivity index (χ3n) is 4.64. The number of fused-ring (bicyclic) bond motifs is 1. The lowest BCUT2D eigenvalue weighted by Crippen LogP contribution is -2.37. The summed E-state index contributed by atoms with van der Waals surface area (Å²) in [6.07, 6.45) is 1.77. The van der Waals surface area contributed by atoms with Crippen LogP contribution < -0.4 is 20.1 Å². The summed E-state index contributed by atoms with van der Waals surface area (Å²) in [6.45, 7) is 11.2. The average molecular weight is 565 g/mol. The molecule has 0 atom stereocenters. The van der Waals surface area contributed by atoms with Crippen molar-refractivity contribution in [1.29, 1.82) is 0 Å². The molecule has 0 amide bonds. The van der Waals surface area contributed by atoms with Gasteiger partial charge in [-0.05, 0) is 31.5 Å². The Labute approximate surface area is 210 Å². The van der Waals surface area contributed by atoms with E-state index in [0.29, 0.717) is 25.7 Å². The fourth-order valence-corrected chi connectivity index (χ4v) is 2.92. The van der Waals surface area contributed by atoms with E-state index in [2.05, 4.69) is 36.4 Å². The van der Waals surface area contributed by atoms with Crippen LogP contribution in [0.5, 0.6) is 11.5 Å². The largest absolute Gasteiger partial charge is 0.490 e. The molecule has 2 N–H and O–H groups in total. The van der Waals surface area contributed by atoms with Crippen molar-refractivity contribution in [2.75, 3.05) is 78.7 Å². The SMILES string of the molecule is COCCN(C)CCNC(=NCCCOCC(C)C)Nc1ccc2c(c1)OCCCO2.I. The third kappa shape index (κ3) is 12.1. The number of aliphatic imine (C=N–C) groups is 1. The van der Waals surface area contributed by atoms with Gasteiger partial charge in [0, 0.05) is 64.7 Å². The Hall–Kier alpha value is -1.30. The molecule has 0 radical (unpaired) electrons. The zero-order chi connectivity index (χ0) is 22.3. The summed E-state index contributed by atoms with van der Waals surface area (Å²) in [4.78, 5) is 6.95. The smallest absolute Gasteiger partial charge is 0.195 e. The summed E-state index contributed by atoms with van der Waals surface area (Å²) >= 11 is 0. The normalized spacial score (nSPS) is 13.6. The fraction of sp³-hybridized carbons (Fsp3) is 0.696. The number of nitrogens with one attached hydrogen (secondary N) is 2. The predicted molar refractivity (Wildman–Crippen MR) is 141 cm³/mol. The van der Waals surface area contributed by atoms with Gasteiger partial charge in [0.2, 0.25) is 0 Å². The third-order valence-corrected chi connectivity index (χ3v) is 4.64. The number of benzene rings is 1. The monoisotopic (exact) mass is 564 g/mol. The summed E-state index contributed by atoms with van der Waals surface area (Å²) in [5.74, 6) is 2.86. The molecular weight excluding hydrogens is 523 g/mol. The molecule has 1 aliphatic rings. The Morgan fingerprint density at radius 3 is 2.69 bits per heavy atom. The lowest BCUT2D eigenvalue weighted by molar-refractivity contribution is 0.109. The van der Waals surface area contributed by atoms with Crippen LogP contribution in [0.4, 0.5) is 5.69 Å². The van der Waals surface area contributed by atoms with Crippen molar-refractivity contribution in [2.24, 2.45) is 10.9 Å². The predicted octanol–water partition coefficient (Wildman–Crippen LogP) is 3.46. The number of nitrogens with zero attached hydrogens (tertiary/aromatic N) is 2. The summed E-state index contributed by atoms with van der Waals surface area (Å²) in [5, 5.41) is 6.82. The number of likely N-dealkylation sites (N-methyl/N-ethyl adjacent to an activating group) is 1. The molecule has 1 heterocycles. The van der Waals surface area contributed by atoms with Gasteiger partial charge in [0.05, 0.1) is 19.8 Å². The van der Waals surface area contributed by atoms with Gasteiger partial charge in [0.15, 0.2) is 17.5 Å². The van der Waals surface area contributed by atoms with E-state index in [1.165, 1.54) is 0 Å². The molecule has 1 aliphatic heterocycles. The number of hydrogen-bond donors (Lipinski definition) is 2. The summed E-state index contributed by atoms with van der Waals surface area (Å²) in [7, 11) is 3.81. The first kappa shape index (κ1) is 28.7. The van der Waals surface area contributed by atoms with Crippen molar-refractivity contribution in [2.45, 2.75) is 26.7 Å². The van der Waals surface area contributed by atoms with Gasteiger partial charge in [-0.15, -0.1) is 24.0 Å². The standard InChI is InChI=1S/C23H40N4O4.HI/c1-19(2)18-29-13-5-9-24-23(25-10-11-27(3)12-16-28-4)26-20-7-8-21-22(17-20)31-15-6-14-30-21;/h7-8,17,19H,5-6,9-16,18H2,1-4H3,(H2,24,25,26);1H.